The van der Waals surface area contributed by atoms with Crippen LogP contribution in [0.15, 0.2) is 24.3 Å². The van der Waals surface area contributed by atoms with Gasteiger partial charge in [0, 0.05) is 10.8 Å². The number of hydrogen-bond donors (Lipinski definition) is 1. The van der Waals surface area contributed by atoms with Crippen LogP contribution in [0, 0.1) is 0 Å². The topological polar surface area (TPSA) is 32.9 Å². The zero-order valence-electron chi connectivity index (χ0n) is 9.59. The Labute approximate surface area is 109 Å². The third-order valence-corrected chi connectivity index (χ3v) is 4.17. The van der Waals surface area contributed by atoms with Crippen LogP contribution in [0.3, 0.4) is 0 Å². The third kappa shape index (κ3) is 1.11. The van der Waals surface area contributed by atoms with Crippen molar-refractivity contribution in [2.45, 2.75) is 12.8 Å². The molecule has 3 heteroatoms. The predicted octanol–water partition coefficient (Wildman–Crippen LogP) is 3.89. The molecular formula is C15H10ClNO. The van der Waals surface area contributed by atoms with Crippen LogP contribution in [0.5, 0.6) is 0 Å². The van der Waals surface area contributed by atoms with Crippen molar-refractivity contribution in [1.82, 2.24) is 4.98 Å². The minimum absolute atomic E-state index is 0.435. The van der Waals surface area contributed by atoms with Crippen molar-refractivity contribution in [1.29, 1.82) is 0 Å². The normalized spacial score (nSPS) is 13.6. The number of aromatic nitrogens is 1. The molecule has 4 rings (SSSR count). The SMILES string of the molecule is O=Cc1c(Cl)[nH]c2c1cc1c3c(cccc32)CC1. The Kier molecular flexibility index (Phi) is 1.90. The van der Waals surface area contributed by atoms with Gasteiger partial charge in [0.25, 0.3) is 0 Å². The number of benzene rings is 2. The molecule has 0 atom stereocenters. The third-order valence-electron chi connectivity index (χ3n) is 3.87. The quantitative estimate of drug-likeness (QED) is 0.658. The first-order chi connectivity index (χ1) is 8.79. The van der Waals surface area contributed by atoms with Gasteiger partial charge in [-0.15, -0.1) is 0 Å². The molecule has 1 heterocycles. The Morgan fingerprint density at radius 2 is 2.00 bits per heavy atom. The van der Waals surface area contributed by atoms with Gasteiger partial charge in [-0.2, -0.15) is 0 Å². The van der Waals surface area contributed by atoms with Crippen molar-refractivity contribution >= 4 is 39.6 Å². The predicted molar refractivity (Wildman–Crippen MR) is 73.6 cm³/mol. The average molecular weight is 256 g/mol. The number of aldehydes is 1. The lowest BCUT2D eigenvalue weighted by molar-refractivity contribution is 0.112. The lowest BCUT2D eigenvalue weighted by Crippen LogP contribution is -1.82. The summed E-state index contributed by atoms with van der Waals surface area (Å²) in [5, 5.41) is 3.88. The van der Waals surface area contributed by atoms with Crippen LogP contribution >= 0.6 is 11.6 Å². The van der Waals surface area contributed by atoms with Crippen LogP contribution < -0.4 is 0 Å². The second kappa shape index (κ2) is 3.36. The van der Waals surface area contributed by atoms with Gasteiger partial charge in [-0.1, -0.05) is 29.8 Å². The summed E-state index contributed by atoms with van der Waals surface area (Å²) in [5.74, 6) is 0. The number of aryl methyl sites for hydroxylation is 2. The highest BCUT2D eigenvalue weighted by Crippen LogP contribution is 2.38. The van der Waals surface area contributed by atoms with Crippen molar-refractivity contribution in [2.75, 3.05) is 0 Å². The highest BCUT2D eigenvalue weighted by molar-refractivity contribution is 6.34. The van der Waals surface area contributed by atoms with Gasteiger partial charge in [-0.05, 0) is 35.4 Å². The number of nitrogens with one attached hydrogen (secondary N) is 1. The van der Waals surface area contributed by atoms with Crippen LogP contribution in [-0.4, -0.2) is 11.3 Å². The molecule has 0 aliphatic heterocycles. The number of halogens is 1. The number of rotatable bonds is 1. The minimum atomic E-state index is 0.435. The minimum Gasteiger partial charge on any atom is -0.344 e. The maximum Gasteiger partial charge on any atom is 0.153 e. The van der Waals surface area contributed by atoms with E-state index >= 15 is 0 Å². The Balaban J connectivity index is 2.31. The van der Waals surface area contributed by atoms with Crippen molar-refractivity contribution in [3.63, 3.8) is 0 Å². The Morgan fingerprint density at radius 3 is 2.83 bits per heavy atom. The first-order valence-corrected chi connectivity index (χ1v) is 6.37. The highest BCUT2D eigenvalue weighted by atomic mass is 35.5. The number of carbonyl (C=O) groups excluding carboxylic acids is 1. The summed E-state index contributed by atoms with van der Waals surface area (Å²) in [6.45, 7) is 0. The fourth-order valence-corrected chi connectivity index (χ4v) is 3.32. The van der Waals surface area contributed by atoms with Gasteiger partial charge in [-0.3, -0.25) is 4.79 Å². The molecule has 1 aliphatic rings. The first kappa shape index (κ1) is 10.2. The lowest BCUT2D eigenvalue weighted by Gasteiger charge is -2.03. The molecule has 0 saturated carbocycles. The second-order valence-electron chi connectivity index (χ2n) is 4.77. The molecule has 88 valence electrons. The van der Waals surface area contributed by atoms with Crippen LogP contribution in [0.25, 0.3) is 21.7 Å². The molecule has 3 aromatic rings. The number of hydrogen-bond acceptors (Lipinski definition) is 1. The molecule has 0 radical (unpaired) electrons. The molecule has 1 N–H and O–H groups in total. The molecule has 0 saturated heterocycles. The fourth-order valence-electron chi connectivity index (χ4n) is 3.08. The number of carbonyl (C=O) groups is 1. The Morgan fingerprint density at radius 1 is 1.17 bits per heavy atom. The molecule has 0 amide bonds. The lowest BCUT2D eigenvalue weighted by atomic mass is 10.0. The summed E-state index contributed by atoms with van der Waals surface area (Å²) < 4.78 is 0. The molecule has 0 spiro atoms. The van der Waals surface area contributed by atoms with Crippen molar-refractivity contribution in [3.05, 3.63) is 46.1 Å². The van der Waals surface area contributed by atoms with Gasteiger partial charge >= 0.3 is 0 Å². The summed E-state index contributed by atoms with van der Waals surface area (Å²) in [5.41, 5.74) is 4.27. The van der Waals surface area contributed by atoms with Gasteiger partial charge < -0.3 is 4.98 Å². The van der Waals surface area contributed by atoms with E-state index in [9.17, 15) is 4.79 Å². The standard InChI is InChI=1S/C15H10ClNO/c16-15-12(7-18)11-6-9-5-4-8-2-1-3-10(13(8)9)14(11)17-15/h1-3,6-7,17H,4-5H2. The largest absolute Gasteiger partial charge is 0.344 e. The summed E-state index contributed by atoms with van der Waals surface area (Å²) in [7, 11) is 0. The van der Waals surface area contributed by atoms with E-state index in [2.05, 4.69) is 29.2 Å². The van der Waals surface area contributed by atoms with Gasteiger partial charge in [0.05, 0.1) is 11.1 Å². The maximum absolute atomic E-state index is 11.1. The maximum atomic E-state index is 11.1. The summed E-state index contributed by atoms with van der Waals surface area (Å²) >= 11 is 6.09. The first-order valence-electron chi connectivity index (χ1n) is 5.99. The Bertz CT molecular complexity index is 816. The van der Waals surface area contributed by atoms with Crippen LogP contribution in [0.1, 0.15) is 21.5 Å². The van der Waals surface area contributed by atoms with E-state index in [1.54, 1.807) is 0 Å². The molecule has 0 fully saturated rings. The van der Waals surface area contributed by atoms with Crippen molar-refractivity contribution < 1.29 is 4.79 Å². The molecule has 18 heavy (non-hydrogen) atoms. The number of H-pyrrole nitrogens is 1. The van der Waals surface area contributed by atoms with Crippen LogP contribution in [0.2, 0.25) is 5.15 Å². The van der Waals surface area contributed by atoms with Crippen LogP contribution in [0.4, 0.5) is 0 Å². The van der Waals surface area contributed by atoms with Gasteiger partial charge in [0.1, 0.15) is 5.15 Å². The fraction of sp³-hybridized carbons (Fsp3) is 0.133. The van der Waals surface area contributed by atoms with Crippen molar-refractivity contribution in [3.8, 4) is 0 Å². The van der Waals surface area contributed by atoms with E-state index < -0.39 is 0 Å². The van der Waals surface area contributed by atoms with E-state index in [4.69, 9.17) is 11.6 Å². The van der Waals surface area contributed by atoms with E-state index in [0.717, 1.165) is 30.0 Å². The Hall–Kier alpha value is -1.80. The summed E-state index contributed by atoms with van der Waals surface area (Å²) in [6.07, 6.45) is 2.97. The molecule has 0 unspecified atom stereocenters. The summed E-state index contributed by atoms with van der Waals surface area (Å²) in [4.78, 5) is 14.3. The molecule has 2 nitrogen and oxygen atoms in total. The molecule has 2 aromatic carbocycles. The van der Waals surface area contributed by atoms with E-state index in [1.165, 1.54) is 21.9 Å². The van der Waals surface area contributed by atoms with E-state index in [-0.39, 0.29) is 0 Å². The zero-order chi connectivity index (χ0) is 12.3. The van der Waals surface area contributed by atoms with Crippen molar-refractivity contribution in [2.24, 2.45) is 0 Å². The van der Waals surface area contributed by atoms with Gasteiger partial charge in [0.15, 0.2) is 6.29 Å². The van der Waals surface area contributed by atoms with Crippen LogP contribution in [-0.2, 0) is 12.8 Å². The zero-order valence-corrected chi connectivity index (χ0v) is 10.3. The molecule has 1 aromatic heterocycles. The average Bonchev–Trinajstić information content (AvgIpc) is 2.92. The van der Waals surface area contributed by atoms with E-state index in [1.807, 2.05) is 0 Å². The smallest absolute Gasteiger partial charge is 0.153 e. The molecular weight excluding hydrogens is 246 g/mol. The second-order valence-corrected chi connectivity index (χ2v) is 5.15. The summed E-state index contributed by atoms with van der Waals surface area (Å²) in [6, 6.07) is 8.45. The van der Waals surface area contributed by atoms with Gasteiger partial charge in [-0.25, -0.2) is 0 Å². The molecule has 1 aliphatic carbocycles. The highest BCUT2D eigenvalue weighted by Gasteiger charge is 2.19. The number of aromatic amines is 1. The molecule has 0 bridgehead atoms. The number of fused-ring (bicyclic) bond motifs is 2. The van der Waals surface area contributed by atoms with Gasteiger partial charge in [0.2, 0.25) is 0 Å². The van der Waals surface area contributed by atoms with E-state index in [0.29, 0.717) is 10.7 Å². The monoisotopic (exact) mass is 255 g/mol.